The van der Waals surface area contributed by atoms with Crippen LogP contribution in [0.25, 0.3) is 0 Å². The minimum atomic E-state index is -4.42. The van der Waals surface area contributed by atoms with Crippen LogP contribution in [0.1, 0.15) is 41.6 Å². The van der Waals surface area contributed by atoms with Crippen LogP contribution in [0.3, 0.4) is 0 Å². The van der Waals surface area contributed by atoms with Crippen LogP contribution in [0, 0.1) is 5.92 Å². The molecule has 0 atom stereocenters. The standard InChI is InChI=1S/C20H22F3N5O2/c21-20(22,23)14-9-26-19(27-10-14)28-6-3-13(4-7-28)2-1-5-24-18-8-17-15(11-25-18)16(29)12-30-17/h8-11,13H,1-7,12H2,(H,24,25). The summed E-state index contributed by atoms with van der Waals surface area (Å²) < 4.78 is 43.2. The van der Waals surface area contributed by atoms with Crippen LogP contribution in [0.5, 0.6) is 5.75 Å². The highest BCUT2D eigenvalue weighted by molar-refractivity contribution is 6.02. The van der Waals surface area contributed by atoms with E-state index in [1.54, 1.807) is 12.3 Å². The van der Waals surface area contributed by atoms with Crippen molar-refractivity contribution >= 4 is 17.5 Å². The van der Waals surface area contributed by atoms with Crippen LogP contribution in [-0.2, 0) is 6.18 Å². The summed E-state index contributed by atoms with van der Waals surface area (Å²) in [5.41, 5.74) is -0.297. The average Bonchev–Trinajstić information content (AvgIpc) is 3.11. The van der Waals surface area contributed by atoms with Gasteiger partial charge in [-0.15, -0.1) is 0 Å². The first-order chi connectivity index (χ1) is 14.4. The maximum Gasteiger partial charge on any atom is 0.419 e. The number of nitrogens with one attached hydrogen (secondary N) is 1. The topological polar surface area (TPSA) is 80.2 Å². The molecule has 0 aromatic carbocycles. The first kappa shape index (κ1) is 20.4. The van der Waals surface area contributed by atoms with Crippen LogP contribution >= 0.6 is 0 Å². The highest BCUT2D eigenvalue weighted by Gasteiger charge is 2.32. The Kier molecular flexibility index (Phi) is 5.74. The summed E-state index contributed by atoms with van der Waals surface area (Å²) in [4.78, 5) is 25.5. The van der Waals surface area contributed by atoms with Crippen molar-refractivity contribution < 1.29 is 22.7 Å². The Labute approximate surface area is 171 Å². The zero-order valence-corrected chi connectivity index (χ0v) is 16.3. The lowest BCUT2D eigenvalue weighted by molar-refractivity contribution is -0.138. The molecule has 7 nitrogen and oxygen atoms in total. The summed E-state index contributed by atoms with van der Waals surface area (Å²) in [7, 11) is 0. The van der Waals surface area contributed by atoms with Crippen LogP contribution < -0.4 is 15.0 Å². The fourth-order valence-corrected chi connectivity index (χ4v) is 3.74. The number of Topliss-reactive ketones (excluding diaryl/α,β-unsaturated/α-hetero) is 1. The Hall–Kier alpha value is -2.91. The number of ketones is 1. The van der Waals surface area contributed by atoms with Crippen LogP contribution in [0.4, 0.5) is 24.9 Å². The number of alkyl halides is 3. The van der Waals surface area contributed by atoms with E-state index >= 15 is 0 Å². The van der Waals surface area contributed by atoms with Gasteiger partial charge in [0.2, 0.25) is 11.7 Å². The molecule has 0 bridgehead atoms. The molecule has 0 unspecified atom stereocenters. The normalized spacial score (nSPS) is 17.0. The number of anilines is 2. The minimum absolute atomic E-state index is 0.0444. The molecule has 4 heterocycles. The van der Waals surface area contributed by atoms with E-state index in [9.17, 15) is 18.0 Å². The van der Waals surface area contributed by atoms with Crippen molar-refractivity contribution in [2.75, 3.05) is 36.5 Å². The van der Waals surface area contributed by atoms with Crippen molar-refractivity contribution in [2.45, 2.75) is 31.9 Å². The van der Waals surface area contributed by atoms with Gasteiger partial charge >= 0.3 is 6.18 Å². The summed E-state index contributed by atoms with van der Waals surface area (Å²) in [6, 6.07) is 1.75. The van der Waals surface area contributed by atoms with Crippen molar-refractivity contribution in [3.8, 4) is 5.75 Å². The molecule has 4 rings (SSSR count). The first-order valence-electron chi connectivity index (χ1n) is 9.94. The second-order valence-corrected chi connectivity index (χ2v) is 7.55. The number of hydrogen-bond acceptors (Lipinski definition) is 7. The van der Waals surface area contributed by atoms with E-state index in [1.165, 1.54) is 0 Å². The number of aromatic nitrogens is 3. The number of pyridine rings is 1. The van der Waals surface area contributed by atoms with E-state index in [0.29, 0.717) is 29.0 Å². The van der Waals surface area contributed by atoms with Gasteiger partial charge in [-0.25, -0.2) is 15.0 Å². The molecule has 30 heavy (non-hydrogen) atoms. The van der Waals surface area contributed by atoms with Gasteiger partial charge in [-0.3, -0.25) is 4.79 Å². The molecule has 0 aliphatic carbocycles. The fourth-order valence-electron chi connectivity index (χ4n) is 3.74. The van der Waals surface area contributed by atoms with Crippen LogP contribution in [0.15, 0.2) is 24.7 Å². The molecule has 1 saturated heterocycles. The SMILES string of the molecule is O=C1COc2cc(NCCCC3CCN(c4ncc(C(F)(F)F)cn4)CC3)ncc21. The van der Waals surface area contributed by atoms with Gasteiger partial charge in [0.15, 0.2) is 6.61 Å². The molecule has 0 spiro atoms. The van der Waals surface area contributed by atoms with Crippen molar-refractivity contribution in [2.24, 2.45) is 5.92 Å². The molecule has 0 radical (unpaired) electrons. The molecule has 1 fully saturated rings. The second kappa shape index (κ2) is 8.45. The molecular weight excluding hydrogens is 399 g/mol. The van der Waals surface area contributed by atoms with Gasteiger partial charge in [-0.2, -0.15) is 13.2 Å². The highest BCUT2D eigenvalue weighted by atomic mass is 19.4. The number of piperidine rings is 1. The third kappa shape index (κ3) is 4.63. The number of carbonyl (C=O) groups is 1. The minimum Gasteiger partial charge on any atom is -0.484 e. The predicted molar refractivity (Wildman–Crippen MR) is 104 cm³/mol. The second-order valence-electron chi connectivity index (χ2n) is 7.55. The molecule has 160 valence electrons. The third-order valence-corrected chi connectivity index (χ3v) is 5.48. The lowest BCUT2D eigenvalue weighted by Crippen LogP contribution is -2.35. The summed E-state index contributed by atoms with van der Waals surface area (Å²) in [6.07, 6.45) is 2.75. The molecule has 10 heteroatoms. The van der Waals surface area contributed by atoms with Crippen LogP contribution in [-0.4, -0.2) is 47.0 Å². The van der Waals surface area contributed by atoms with E-state index in [4.69, 9.17) is 4.74 Å². The largest absolute Gasteiger partial charge is 0.484 e. The lowest BCUT2D eigenvalue weighted by atomic mass is 9.92. The van der Waals surface area contributed by atoms with E-state index in [-0.39, 0.29) is 12.4 Å². The number of ether oxygens (including phenoxy) is 1. The molecule has 2 aliphatic heterocycles. The molecule has 0 saturated carbocycles. The molecule has 2 aromatic heterocycles. The first-order valence-corrected chi connectivity index (χ1v) is 9.94. The Balaban J connectivity index is 1.18. The number of carbonyl (C=O) groups excluding carboxylic acids is 1. The molecular formula is C20H22F3N5O2. The summed E-state index contributed by atoms with van der Waals surface area (Å²) >= 11 is 0. The Morgan fingerprint density at radius 1 is 1.13 bits per heavy atom. The highest BCUT2D eigenvalue weighted by Crippen LogP contribution is 2.30. The molecule has 1 N–H and O–H groups in total. The van der Waals surface area contributed by atoms with Gasteiger partial charge in [-0.1, -0.05) is 0 Å². The van der Waals surface area contributed by atoms with Crippen molar-refractivity contribution in [1.82, 2.24) is 15.0 Å². The number of hydrogen-bond donors (Lipinski definition) is 1. The van der Waals surface area contributed by atoms with Crippen molar-refractivity contribution in [3.63, 3.8) is 0 Å². The van der Waals surface area contributed by atoms with Gasteiger partial charge in [0.05, 0.1) is 11.1 Å². The van der Waals surface area contributed by atoms with E-state index < -0.39 is 11.7 Å². The lowest BCUT2D eigenvalue weighted by Gasteiger charge is -2.32. The summed E-state index contributed by atoms with van der Waals surface area (Å²) in [6.45, 7) is 2.32. The summed E-state index contributed by atoms with van der Waals surface area (Å²) in [5.74, 6) is 2.14. The van der Waals surface area contributed by atoms with E-state index in [1.807, 2.05) is 4.90 Å². The van der Waals surface area contributed by atoms with Gasteiger partial charge in [0, 0.05) is 44.3 Å². The van der Waals surface area contributed by atoms with E-state index in [0.717, 1.165) is 57.7 Å². The van der Waals surface area contributed by atoms with Crippen molar-refractivity contribution in [1.29, 1.82) is 0 Å². The Morgan fingerprint density at radius 2 is 1.87 bits per heavy atom. The molecule has 0 amide bonds. The quantitative estimate of drug-likeness (QED) is 0.714. The average molecular weight is 421 g/mol. The smallest absolute Gasteiger partial charge is 0.419 e. The van der Waals surface area contributed by atoms with Gasteiger partial charge in [0.1, 0.15) is 11.6 Å². The Morgan fingerprint density at radius 3 is 2.57 bits per heavy atom. The number of fused-ring (bicyclic) bond motifs is 1. The monoisotopic (exact) mass is 421 g/mol. The van der Waals surface area contributed by atoms with Gasteiger partial charge in [-0.05, 0) is 31.6 Å². The fraction of sp³-hybridized carbons (Fsp3) is 0.500. The predicted octanol–water partition coefficient (Wildman–Crippen LogP) is 3.57. The zero-order chi connectivity index (χ0) is 21.1. The molecule has 2 aliphatic rings. The molecule has 2 aromatic rings. The number of halogens is 3. The maximum absolute atomic E-state index is 12.6. The maximum atomic E-state index is 12.6. The van der Waals surface area contributed by atoms with E-state index in [2.05, 4.69) is 20.3 Å². The Bertz CT molecular complexity index is 896. The number of nitrogens with zero attached hydrogens (tertiary/aromatic N) is 4. The van der Waals surface area contributed by atoms with Crippen molar-refractivity contribution in [3.05, 3.63) is 35.8 Å². The van der Waals surface area contributed by atoms with Gasteiger partial charge in [0.25, 0.3) is 0 Å². The van der Waals surface area contributed by atoms with Crippen LogP contribution in [0.2, 0.25) is 0 Å². The zero-order valence-electron chi connectivity index (χ0n) is 16.3. The van der Waals surface area contributed by atoms with Gasteiger partial charge < -0.3 is 15.0 Å². The third-order valence-electron chi connectivity index (χ3n) is 5.48. The number of rotatable bonds is 6. The summed E-state index contributed by atoms with van der Waals surface area (Å²) in [5, 5.41) is 3.26.